The maximum absolute atomic E-state index is 12.3. The molecule has 1 unspecified atom stereocenters. The number of carbonyl (C=O) groups excluding carboxylic acids is 1. The molecule has 4 nitrogen and oxygen atoms in total. The van der Waals surface area contributed by atoms with Gasteiger partial charge in [0.25, 0.3) is 0 Å². The van der Waals surface area contributed by atoms with Gasteiger partial charge < -0.3 is 14.8 Å². The van der Waals surface area contributed by atoms with E-state index in [1.807, 2.05) is 31.2 Å². The van der Waals surface area contributed by atoms with Crippen LogP contribution in [-0.2, 0) is 4.79 Å². The van der Waals surface area contributed by atoms with Gasteiger partial charge in [-0.25, -0.2) is 0 Å². The Morgan fingerprint density at radius 1 is 1.04 bits per heavy atom. The summed E-state index contributed by atoms with van der Waals surface area (Å²) in [6, 6.07) is 12.7. The van der Waals surface area contributed by atoms with Gasteiger partial charge in [-0.2, -0.15) is 0 Å². The maximum atomic E-state index is 12.3. The number of nitrogens with one attached hydrogen (secondary N) is 1. The number of rotatable bonds is 10. The van der Waals surface area contributed by atoms with Crippen molar-refractivity contribution < 1.29 is 14.3 Å². The molecule has 0 spiro atoms. The van der Waals surface area contributed by atoms with Crippen molar-refractivity contribution in [2.75, 3.05) is 24.3 Å². The van der Waals surface area contributed by atoms with Crippen LogP contribution in [0.3, 0.4) is 0 Å². The van der Waals surface area contributed by atoms with Crippen LogP contribution in [0.2, 0.25) is 10.0 Å². The average molecular weight is 428 g/mol. The highest BCUT2D eigenvalue weighted by atomic mass is 35.5. The minimum absolute atomic E-state index is 0.146. The molecule has 1 atom stereocenters. The molecule has 27 heavy (non-hydrogen) atoms. The topological polar surface area (TPSA) is 47.6 Å². The van der Waals surface area contributed by atoms with E-state index >= 15 is 0 Å². The first-order valence-corrected chi connectivity index (χ1v) is 10.5. The van der Waals surface area contributed by atoms with Crippen molar-refractivity contribution in [1.82, 2.24) is 0 Å². The molecule has 0 bridgehead atoms. The zero-order valence-corrected chi connectivity index (χ0v) is 17.7. The van der Waals surface area contributed by atoms with Crippen molar-refractivity contribution in [3.8, 4) is 11.5 Å². The van der Waals surface area contributed by atoms with E-state index in [0.29, 0.717) is 34.7 Å². The number of amides is 1. The molecule has 146 valence electrons. The summed E-state index contributed by atoms with van der Waals surface area (Å²) in [6.45, 7) is 5.12. The molecule has 7 heteroatoms. The number of carbonyl (C=O) groups is 1. The number of para-hydroxylation sites is 1. The fraction of sp³-hybridized carbons (Fsp3) is 0.350. The minimum Gasteiger partial charge on any atom is -0.494 e. The second kappa shape index (κ2) is 11.3. The highest BCUT2D eigenvalue weighted by Crippen LogP contribution is 2.30. The van der Waals surface area contributed by atoms with Crippen LogP contribution in [0.4, 0.5) is 5.69 Å². The molecule has 2 aromatic rings. The van der Waals surface area contributed by atoms with Gasteiger partial charge in [0.15, 0.2) is 0 Å². The SMILES string of the molecule is CCCOc1ccc(OCCSC(C)C(=O)Nc2c(Cl)cccc2Cl)cc1. The van der Waals surface area contributed by atoms with Crippen molar-refractivity contribution >= 4 is 46.6 Å². The number of benzene rings is 2. The van der Waals surface area contributed by atoms with E-state index in [2.05, 4.69) is 12.2 Å². The number of thioether (sulfide) groups is 1. The Labute approximate surface area is 174 Å². The van der Waals surface area contributed by atoms with Gasteiger partial charge in [-0.1, -0.05) is 36.2 Å². The quantitative estimate of drug-likeness (QED) is 0.477. The van der Waals surface area contributed by atoms with E-state index in [1.54, 1.807) is 18.2 Å². The first-order chi connectivity index (χ1) is 13.0. The van der Waals surface area contributed by atoms with Gasteiger partial charge in [0.05, 0.1) is 34.2 Å². The molecule has 1 N–H and O–H groups in total. The lowest BCUT2D eigenvalue weighted by molar-refractivity contribution is -0.115. The normalized spacial score (nSPS) is 11.7. The van der Waals surface area contributed by atoms with E-state index in [-0.39, 0.29) is 11.2 Å². The Morgan fingerprint density at radius 2 is 1.59 bits per heavy atom. The summed E-state index contributed by atoms with van der Waals surface area (Å²) in [5.41, 5.74) is 0.444. The summed E-state index contributed by atoms with van der Waals surface area (Å²) in [7, 11) is 0. The fourth-order valence-corrected chi connectivity index (χ4v) is 3.39. The first kappa shape index (κ1) is 21.7. The lowest BCUT2D eigenvalue weighted by Crippen LogP contribution is -2.23. The van der Waals surface area contributed by atoms with Gasteiger partial charge in [0.2, 0.25) is 5.91 Å². The summed E-state index contributed by atoms with van der Waals surface area (Å²) >= 11 is 13.7. The monoisotopic (exact) mass is 427 g/mol. The van der Waals surface area contributed by atoms with Crippen molar-refractivity contribution in [2.24, 2.45) is 0 Å². The molecule has 0 fully saturated rings. The van der Waals surface area contributed by atoms with Crippen LogP contribution in [0, 0.1) is 0 Å². The van der Waals surface area contributed by atoms with Crippen LogP contribution >= 0.6 is 35.0 Å². The molecule has 0 saturated carbocycles. The van der Waals surface area contributed by atoms with Crippen LogP contribution in [0.15, 0.2) is 42.5 Å². The summed E-state index contributed by atoms with van der Waals surface area (Å²) < 4.78 is 11.2. The molecule has 0 radical (unpaired) electrons. The van der Waals surface area contributed by atoms with Crippen molar-refractivity contribution in [3.05, 3.63) is 52.5 Å². The zero-order chi connectivity index (χ0) is 19.6. The van der Waals surface area contributed by atoms with Gasteiger partial charge in [-0.3, -0.25) is 4.79 Å². The maximum Gasteiger partial charge on any atom is 0.237 e. The van der Waals surface area contributed by atoms with Crippen LogP contribution in [0.5, 0.6) is 11.5 Å². The summed E-state index contributed by atoms with van der Waals surface area (Å²) in [6.07, 6.45) is 0.976. The summed E-state index contributed by atoms with van der Waals surface area (Å²) in [4.78, 5) is 12.3. The Kier molecular flexibility index (Phi) is 9.11. The van der Waals surface area contributed by atoms with Crippen LogP contribution in [0.1, 0.15) is 20.3 Å². The second-order valence-electron chi connectivity index (χ2n) is 5.77. The molecule has 0 saturated heterocycles. The van der Waals surface area contributed by atoms with Gasteiger partial charge in [0.1, 0.15) is 11.5 Å². The van der Waals surface area contributed by atoms with Gasteiger partial charge in [0, 0.05) is 5.75 Å². The largest absolute Gasteiger partial charge is 0.494 e. The fourth-order valence-electron chi connectivity index (χ4n) is 2.15. The zero-order valence-electron chi connectivity index (χ0n) is 15.3. The molecular weight excluding hydrogens is 405 g/mol. The molecule has 1 amide bonds. The predicted octanol–water partition coefficient (Wildman–Crippen LogP) is 5.92. The smallest absolute Gasteiger partial charge is 0.237 e. The average Bonchev–Trinajstić information content (AvgIpc) is 2.67. The molecule has 2 aromatic carbocycles. The standard InChI is InChI=1S/C20H23Cl2NO3S/c1-3-11-25-15-7-9-16(10-8-15)26-12-13-27-14(2)20(24)23-19-17(21)5-4-6-18(19)22/h4-10,14H,3,11-13H2,1-2H3,(H,23,24). The number of ether oxygens (including phenoxy) is 2. The Balaban J connectivity index is 1.72. The van der Waals surface area contributed by atoms with Crippen LogP contribution in [-0.4, -0.2) is 30.1 Å². The Hall–Kier alpha value is -1.56. The van der Waals surface area contributed by atoms with E-state index in [4.69, 9.17) is 32.7 Å². The van der Waals surface area contributed by atoms with E-state index < -0.39 is 0 Å². The van der Waals surface area contributed by atoms with E-state index in [9.17, 15) is 4.79 Å². The number of anilines is 1. The molecule has 0 aromatic heterocycles. The van der Waals surface area contributed by atoms with Crippen molar-refractivity contribution in [1.29, 1.82) is 0 Å². The van der Waals surface area contributed by atoms with Crippen molar-refractivity contribution in [2.45, 2.75) is 25.5 Å². The van der Waals surface area contributed by atoms with Crippen LogP contribution in [0.25, 0.3) is 0 Å². The van der Waals surface area contributed by atoms with Gasteiger partial charge in [-0.05, 0) is 49.7 Å². The third-order valence-electron chi connectivity index (χ3n) is 3.60. The molecule has 0 heterocycles. The summed E-state index contributed by atoms with van der Waals surface area (Å²) in [5.74, 6) is 2.15. The van der Waals surface area contributed by atoms with E-state index in [0.717, 1.165) is 17.9 Å². The number of hydrogen-bond acceptors (Lipinski definition) is 4. The molecule has 0 aliphatic heterocycles. The molecule has 0 aliphatic rings. The predicted molar refractivity (Wildman–Crippen MR) is 115 cm³/mol. The minimum atomic E-state index is -0.259. The Morgan fingerprint density at radius 3 is 2.15 bits per heavy atom. The lowest BCUT2D eigenvalue weighted by Gasteiger charge is -2.14. The number of hydrogen-bond donors (Lipinski definition) is 1. The van der Waals surface area contributed by atoms with Crippen LogP contribution < -0.4 is 14.8 Å². The van der Waals surface area contributed by atoms with Gasteiger partial charge >= 0.3 is 0 Å². The third-order valence-corrected chi connectivity index (χ3v) is 5.34. The highest BCUT2D eigenvalue weighted by Gasteiger charge is 2.16. The third kappa shape index (κ3) is 7.17. The van der Waals surface area contributed by atoms with Gasteiger partial charge in [-0.15, -0.1) is 11.8 Å². The second-order valence-corrected chi connectivity index (χ2v) is 8.03. The lowest BCUT2D eigenvalue weighted by atomic mass is 10.3. The van der Waals surface area contributed by atoms with E-state index in [1.165, 1.54) is 11.8 Å². The first-order valence-electron chi connectivity index (χ1n) is 8.73. The molecular formula is C20H23Cl2NO3S. The Bertz CT molecular complexity index is 720. The van der Waals surface area contributed by atoms with Crippen molar-refractivity contribution in [3.63, 3.8) is 0 Å². The highest BCUT2D eigenvalue weighted by molar-refractivity contribution is 8.00. The summed E-state index contributed by atoms with van der Waals surface area (Å²) in [5, 5.41) is 3.36. The molecule has 2 rings (SSSR count). The number of halogens is 2. The molecule has 0 aliphatic carbocycles.